The van der Waals surface area contributed by atoms with Crippen molar-refractivity contribution in [1.82, 2.24) is 0 Å². The second-order valence-electron chi connectivity index (χ2n) is 11.4. The molecule has 0 N–H and O–H groups in total. The molecule has 0 fully saturated rings. The van der Waals surface area contributed by atoms with E-state index in [2.05, 4.69) is 12.1 Å². The molecule has 0 saturated heterocycles. The van der Waals surface area contributed by atoms with Crippen molar-refractivity contribution in [2.75, 3.05) is 0 Å². The van der Waals surface area contributed by atoms with Crippen molar-refractivity contribution in [2.24, 2.45) is 0 Å². The molecule has 1 aromatic heterocycles. The monoisotopic (exact) mass is 646 g/mol. The summed E-state index contributed by atoms with van der Waals surface area (Å²) in [5.41, 5.74) is 4.95. The van der Waals surface area contributed by atoms with Crippen LogP contribution in [0.3, 0.4) is 0 Å². The number of hydrogen-bond donors (Lipinski definition) is 0. The Labute approximate surface area is 268 Å². The highest BCUT2D eigenvalue weighted by Crippen LogP contribution is 2.56. The van der Waals surface area contributed by atoms with Crippen molar-refractivity contribution < 1.29 is 22.6 Å². The van der Waals surface area contributed by atoms with Crippen molar-refractivity contribution in [3.8, 4) is 45.9 Å². The van der Waals surface area contributed by atoms with Gasteiger partial charge in [-0.2, -0.15) is 10.5 Å². The Balaban J connectivity index is 1.16. The van der Waals surface area contributed by atoms with Crippen LogP contribution in [0.5, 0.6) is 11.5 Å². The first-order chi connectivity index (χ1) is 22.9. The number of furan rings is 1. The van der Waals surface area contributed by atoms with Gasteiger partial charge in [-0.15, -0.1) is 0 Å². The third-order valence-electron chi connectivity index (χ3n) is 8.81. The van der Waals surface area contributed by atoms with Crippen LogP contribution in [0.25, 0.3) is 44.2 Å². The summed E-state index contributed by atoms with van der Waals surface area (Å²) in [5, 5.41) is 22.5. The first-order valence-corrected chi connectivity index (χ1v) is 18.0. The molecule has 0 bridgehead atoms. The van der Waals surface area contributed by atoms with Gasteiger partial charge in [0.25, 0.3) is 0 Å². The quantitative estimate of drug-likeness (QED) is 0.176. The van der Waals surface area contributed by atoms with Gasteiger partial charge in [0.05, 0.1) is 44.5 Å². The second kappa shape index (κ2) is 9.83. The number of benzene rings is 6. The van der Waals surface area contributed by atoms with Gasteiger partial charge in [-0.25, -0.2) is 0 Å². The van der Waals surface area contributed by atoms with Crippen LogP contribution in [-0.2, 0) is 9.13 Å². The van der Waals surface area contributed by atoms with E-state index in [1.807, 2.05) is 48.5 Å². The van der Waals surface area contributed by atoms with E-state index in [4.69, 9.17) is 13.5 Å². The summed E-state index contributed by atoms with van der Waals surface area (Å²) in [7, 11) is -7.21. The minimum Gasteiger partial charge on any atom is -0.456 e. The van der Waals surface area contributed by atoms with Crippen molar-refractivity contribution in [3.05, 3.63) is 132 Å². The van der Waals surface area contributed by atoms with Crippen molar-refractivity contribution in [1.29, 1.82) is 10.5 Å². The molecule has 2 atom stereocenters. The van der Waals surface area contributed by atoms with Crippen LogP contribution in [0.4, 0.5) is 0 Å². The Morgan fingerprint density at radius 2 is 0.936 bits per heavy atom. The van der Waals surface area contributed by atoms with Gasteiger partial charge >= 0.3 is 14.7 Å². The molecule has 0 aliphatic carbocycles. The molecule has 7 aromatic rings. The zero-order valence-corrected chi connectivity index (χ0v) is 26.2. The molecule has 2 aliphatic rings. The first kappa shape index (κ1) is 27.5. The predicted molar refractivity (Wildman–Crippen MR) is 182 cm³/mol. The number of rotatable bonds is 2. The lowest BCUT2D eigenvalue weighted by Crippen LogP contribution is -2.25. The van der Waals surface area contributed by atoms with Gasteiger partial charge in [0.15, 0.2) is 0 Å². The standard InChI is InChI=1S/C38H20N2O5P2/c39-21-23-9-15-33-31(17-23)29-5-1-3-7-37(29)46(41,44-33)25-11-13-27-28-14-12-26(20-36(28)43-35(27)19-25)47(42)38-8-4-2-6-30(38)32-18-24(22-40)10-16-34(32)45-47/h1-20H. The maximum Gasteiger partial charge on any atom is 0.307 e. The molecule has 3 heterocycles. The summed E-state index contributed by atoms with van der Waals surface area (Å²) >= 11 is 0. The molecule has 9 heteroatoms. The van der Waals surface area contributed by atoms with Gasteiger partial charge in [-0.05, 0) is 96.1 Å². The van der Waals surface area contributed by atoms with E-state index in [9.17, 15) is 19.7 Å². The first-order valence-electron chi connectivity index (χ1n) is 14.7. The number of nitriles is 2. The number of nitrogens with zero attached hydrogens (tertiary/aromatic N) is 2. The maximum atomic E-state index is 14.8. The minimum atomic E-state index is -3.60. The van der Waals surface area contributed by atoms with E-state index in [1.54, 1.807) is 72.8 Å². The van der Waals surface area contributed by atoms with E-state index < -0.39 is 14.7 Å². The van der Waals surface area contributed by atoms with Crippen LogP contribution in [0.15, 0.2) is 126 Å². The summed E-state index contributed by atoms with van der Waals surface area (Å²) in [4.78, 5) is 0. The average Bonchev–Trinajstić information content (AvgIpc) is 3.49. The van der Waals surface area contributed by atoms with Gasteiger partial charge < -0.3 is 13.5 Å². The fourth-order valence-electron chi connectivity index (χ4n) is 6.57. The highest BCUT2D eigenvalue weighted by molar-refractivity contribution is 7.75. The summed E-state index contributed by atoms with van der Waals surface area (Å²) in [5.74, 6) is 0.895. The largest absolute Gasteiger partial charge is 0.456 e. The van der Waals surface area contributed by atoms with Crippen LogP contribution in [0, 0.1) is 22.7 Å². The van der Waals surface area contributed by atoms with Gasteiger partial charge in [0, 0.05) is 21.9 Å². The Morgan fingerprint density at radius 3 is 1.38 bits per heavy atom. The molecule has 0 saturated carbocycles. The highest BCUT2D eigenvalue weighted by Gasteiger charge is 2.40. The molecule has 47 heavy (non-hydrogen) atoms. The molecular formula is C38H20N2O5P2. The van der Waals surface area contributed by atoms with Crippen LogP contribution < -0.4 is 30.3 Å². The van der Waals surface area contributed by atoms with Crippen LogP contribution >= 0.6 is 14.7 Å². The summed E-state index contributed by atoms with van der Waals surface area (Å²) < 4.78 is 48.5. The Morgan fingerprint density at radius 1 is 0.489 bits per heavy atom. The normalized spacial score (nSPS) is 18.9. The van der Waals surface area contributed by atoms with E-state index in [0.717, 1.165) is 33.0 Å². The lowest BCUT2D eigenvalue weighted by atomic mass is 10.0. The summed E-state index contributed by atoms with van der Waals surface area (Å²) in [6.45, 7) is 0. The van der Waals surface area contributed by atoms with Crippen molar-refractivity contribution in [3.63, 3.8) is 0 Å². The zero-order chi connectivity index (χ0) is 31.9. The van der Waals surface area contributed by atoms with Gasteiger partial charge in [-0.3, -0.25) is 9.13 Å². The molecule has 0 spiro atoms. The number of fused-ring (bicyclic) bond motifs is 9. The highest BCUT2D eigenvalue weighted by atomic mass is 31.2. The summed E-state index contributed by atoms with van der Waals surface area (Å²) in [6, 6.07) is 40.1. The zero-order valence-electron chi connectivity index (χ0n) is 24.4. The molecule has 2 unspecified atom stereocenters. The molecule has 6 aromatic carbocycles. The molecule has 222 valence electrons. The SMILES string of the molecule is N#Cc1ccc2c(c1)-c1ccccc1P(=O)(c1ccc3c(c1)oc1cc(P4(=O)Oc5ccc(C#N)cc5-c5ccccc54)ccc13)O2. The molecule has 9 rings (SSSR count). The average molecular weight is 647 g/mol. The van der Waals surface area contributed by atoms with Gasteiger partial charge in [0.2, 0.25) is 0 Å². The maximum absolute atomic E-state index is 14.8. The molecule has 0 radical (unpaired) electrons. The van der Waals surface area contributed by atoms with E-state index in [0.29, 0.717) is 55.0 Å². The van der Waals surface area contributed by atoms with E-state index in [1.165, 1.54) is 0 Å². The minimum absolute atomic E-state index is 0.447. The van der Waals surface area contributed by atoms with E-state index >= 15 is 0 Å². The second-order valence-corrected chi connectivity index (χ2v) is 16.0. The van der Waals surface area contributed by atoms with Crippen molar-refractivity contribution in [2.45, 2.75) is 0 Å². The lowest BCUT2D eigenvalue weighted by molar-refractivity contribution is 0.500. The molecule has 7 nitrogen and oxygen atoms in total. The topological polar surface area (TPSA) is 113 Å². The van der Waals surface area contributed by atoms with Crippen LogP contribution in [-0.4, -0.2) is 0 Å². The van der Waals surface area contributed by atoms with Crippen molar-refractivity contribution >= 4 is 57.9 Å². The fraction of sp³-hybridized carbons (Fsp3) is 0. The number of hydrogen-bond acceptors (Lipinski definition) is 7. The molecular weight excluding hydrogens is 626 g/mol. The third kappa shape index (κ3) is 3.92. The van der Waals surface area contributed by atoms with Gasteiger partial charge in [0.1, 0.15) is 22.7 Å². The van der Waals surface area contributed by atoms with Crippen LogP contribution in [0.2, 0.25) is 0 Å². The van der Waals surface area contributed by atoms with Crippen LogP contribution in [0.1, 0.15) is 11.1 Å². The molecule has 2 aliphatic heterocycles. The fourth-order valence-corrected chi connectivity index (χ4v) is 11.1. The third-order valence-corrected chi connectivity index (χ3v) is 13.7. The predicted octanol–water partition coefficient (Wildman–Crippen LogP) is 7.91. The lowest BCUT2D eigenvalue weighted by Gasteiger charge is -2.29. The molecule has 0 amide bonds. The smallest absolute Gasteiger partial charge is 0.307 e. The Bertz CT molecular complexity index is 2520. The Kier molecular flexibility index (Phi) is 5.74. The van der Waals surface area contributed by atoms with Gasteiger partial charge in [-0.1, -0.05) is 36.4 Å². The Hall–Kier alpha value is -5.84. The van der Waals surface area contributed by atoms with E-state index in [-0.39, 0.29) is 0 Å². The summed E-state index contributed by atoms with van der Waals surface area (Å²) in [6.07, 6.45) is 0.